The van der Waals surface area contributed by atoms with Crippen molar-refractivity contribution in [1.82, 2.24) is 0 Å². The Labute approximate surface area is 130 Å². The average molecular weight is 294 g/mol. The van der Waals surface area contributed by atoms with Crippen molar-refractivity contribution in [3.8, 4) is 0 Å². The maximum Gasteiger partial charge on any atom is 0.187 e. The van der Waals surface area contributed by atoms with Gasteiger partial charge < -0.3 is 9.47 Å². The largest absolute Gasteiger partial charge is 0.366 e. The van der Waals surface area contributed by atoms with Crippen LogP contribution in [-0.4, -0.2) is 18.0 Å². The van der Waals surface area contributed by atoms with Gasteiger partial charge in [-0.2, -0.15) is 0 Å². The zero-order chi connectivity index (χ0) is 15.2. The predicted molar refractivity (Wildman–Crippen MR) is 84.2 cm³/mol. The number of carbonyl (C=O) groups is 1. The number of ketones is 1. The summed E-state index contributed by atoms with van der Waals surface area (Å²) in [6.45, 7) is 0.873. The lowest BCUT2D eigenvalue weighted by Crippen LogP contribution is -2.31. The molecule has 112 valence electrons. The van der Waals surface area contributed by atoms with Crippen LogP contribution in [-0.2, 0) is 27.5 Å². The third-order valence-electron chi connectivity index (χ3n) is 3.59. The lowest BCUT2D eigenvalue weighted by atomic mass is 10.2. The van der Waals surface area contributed by atoms with Gasteiger partial charge in [0.2, 0.25) is 0 Å². The summed E-state index contributed by atoms with van der Waals surface area (Å²) in [4.78, 5) is 11.9. The minimum atomic E-state index is -0.552. The smallest absolute Gasteiger partial charge is 0.187 e. The molecule has 0 radical (unpaired) electrons. The molecule has 0 aliphatic heterocycles. The van der Waals surface area contributed by atoms with Gasteiger partial charge in [-0.1, -0.05) is 60.7 Å². The van der Waals surface area contributed by atoms with E-state index in [0.717, 1.165) is 11.1 Å². The molecule has 0 spiro atoms. The third kappa shape index (κ3) is 3.70. The molecule has 0 saturated carbocycles. The molecule has 0 aromatic heterocycles. The van der Waals surface area contributed by atoms with Crippen LogP contribution in [0.4, 0.5) is 0 Å². The van der Waals surface area contributed by atoms with E-state index < -0.39 is 6.10 Å². The predicted octanol–water partition coefficient (Wildman–Crippen LogP) is 3.30. The van der Waals surface area contributed by atoms with Crippen molar-refractivity contribution in [3.63, 3.8) is 0 Å². The zero-order valence-corrected chi connectivity index (χ0v) is 12.2. The van der Waals surface area contributed by atoms with Crippen LogP contribution in [0, 0.1) is 0 Å². The molecular weight excluding hydrogens is 276 g/mol. The third-order valence-corrected chi connectivity index (χ3v) is 3.59. The van der Waals surface area contributed by atoms with Crippen molar-refractivity contribution in [2.45, 2.75) is 25.4 Å². The van der Waals surface area contributed by atoms with Crippen molar-refractivity contribution < 1.29 is 14.3 Å². The molecule has 0 amide bonds. The first kappa shape index (κ1) is 14.7. The van der Waals surface area contributed by atoms with Gasteiger partial charge in [0.1, 0.15) is 12.2 Å². The van der Waals surface area contributed by atoms with Gasteiger partial charge in [-0.15, -0.1) is 0 Å². The first-order valence-electron chi connectivity index (χ1n) is 7.36. The summed E-state index contributed by atoms with van der Waals surface area (Å²) < 4.78 is 11.6. The Morgan fingerprint density at radius 1 is 0.773 bits per heavy atom. The summed E-state index contributed by atoms with van der Waals surface area (Å²) >= 11 is 0. The molecule has 3 rings (SSSR count). The van der Waals surface area contributed by atoms with E-state index >= 15 is 0 Å². The first-order valence-corrected chi connectivity index (χ1v) is 7.36. The molecule has 22 heavy (non-hydrogen) atoms. The molecule has 3 heteroatoms. The minimum Gasteiger partial charge on any atom is -0.366 e. The lowest BCUT2D eigenvalue weighted by Gasteiger charge is -2.19. The zero-order valence-electron chi connectivity index (χ0n) is 12.2. The van der Waals surface area contributed by atoms with E-state index in [4.69, 9.17) is 9.47 Å². The molecular formula is C19H18O3. The fourth-order valence-electron chi connectivity index (χ4n) is 2.39. The fourth-order valence-corrected chi connectivity index (χ4v) is 2.39. The second kappa shape index (κ2) is 7.16. The van der Waals surface area contributed by atoms with E-state index in [1.165, 1.54) is 0 Å². The molecule has 1 aliphatic carbocycles. The Morgan fingerprint density at radius 2 is 1.32 bits per heavy atom. The van der Waals surface area contributed by atoms with Gasteiger partial charge in [0.25, 0.3) is 0 Å². The molecule has 0 bridgehead atoms. The summed E-state index contributed by atoms with van der Waals surface area (Å²) in [5.74, 6) is -0.0333. The van der Waals surface area contributed by atoms with Crippen molar-refractivity contribution in [2.24, 2.45) is 0 Å². The summed E-state index contributed by atoms with van der Waals surface area (Å²) in [6, 6.07) is 19.7. The van der Waals surface area contributed by atoms with Crippen molar-refractivity contribution in [1.29, 1.82) is 0 Å². The number of ether oxygens (including phenoxy) is 2. The van der Waals surface area contributed by atoms with Crippen molar-refractivity contribution in [3.05, 3.63) is 83.9 Å². The lowest BCUT2D eigenvalue weighted by molar-refractivity contribution is -0.133. The highest BCUT2D eigenvalue weighted by Gasteiger charge is 2.31. The molecule has 2 unspecified atom stereocenters. The second-order valence-electron chi connectivity index (χ2n) is 5.24. The highest BCUT2D eigenvalue weighted by atomic mass is 16.5. The SMILES string of the molecule is O=C1C=CC(OCc2ccccc2)C1OCc1ccccc1. The van der Waals surface area contributed by atoms with Gasteiger partial charge in [-0.25, -0.2) is 0 Å². The number of rotatable bonds is 6. The Morgan fingerprint density at radius 3 is 1.91 bits per heavy atom. The van der Waals surface area contributed by atoms with Crippen LogP contribution in [0.3, 0.4) is 0 Å². The van der Waals surface area contributed by atoms with Crippen LogP contribution < -0.4 is 0 Å². The second-order valence-corrected chi connectivity index (χ2v) is 5.24. The quantitative estimate of drug-likeness (QED) is 0.820. The van der Waals surface area contributed by atoms with Crippen LogP contribution in [0.15, 0.2) is 72.8 Å². The summed E-state index contributed by atoms with van der Waals surface area (Å²) in [5.41, 5.74) is 2.13. The van der Waals surface area contributed by atoms with Crippen LogP contribution in [0.2, 0.25) is 0 Å². The molecule has 0 N–H and O–H groups in total. The highest BCUT2D eigenvalue weighted by molar-refractivity contribution is 5.97. The number of benzene rings is 2. The van der Waals surface area contributed by atoms with E-state index in [9.17, 15) is 4.79 Å². The normalized spacial score (nSPS) is 20.5. The molecule has 0 saturated heterocycles. The molecule has 1 aliphatic rings. The van der Waals surface area contributed by atoms with Gasteiger partial charge >= 0.3 is 0 Å². The maximum atomic E-state index is 11.9. The first-order chi connectivity index (χ1) is 10.8. The molecule has 0 heterocycles. The standard InChI is InChI=1S/C19H18O3/c20-17-11-12-18(21-13-15-7-3-1-4-8-15)19(17)22-14-16-9-5-2-6-10-16/h1-12,18-19H,13-14H2. The molecule has 2 aromatic rings. The van der Waals surface area contributed by atoms with Crippen LogP contribution in [0.5, 0.6) is 0 Å². The van der Waals surface area contributed by atoms with Crippen molar-refractivity contribution in [2.75, 3.05) is 0 Å². The Balaban J connectivity index is 1.56. The van der Waals surface area contributed by atoms with Gasteiger partial charge in [0, 0.05) is 0 Å². The Kier molecular flexibility index (Phi) is 4.78. The summed E-state index contributed by atoms with van der Waals surface area (Å²) in [6.07, 6.45) is 2.45. The van der Waals surface area contributed by atoms with Gasteiger partial charge in [-0.05, 0) is 23.3 Å². The number of carbonyl (C=O) groups excluding carboxylic acids is 1. The van der Waals surface area contributed by atoms with Gasteiger partial charge in [-0.3, -0.25) is 4.79 Å². The summed E-state index contributed by atoms with van der Waals surface area (Å²) in [5, 5.41) is 0. The van der Waals surface area contributed by atoms with Crippen LogP contribution >= 0.6 is 0 Å². The van der Waals surface area contributed by atoms with Crippen molar-refractivity contribution >= 4 is 5.78 Å². The van der Waals surface area contributed by atoms with Crippen LogP contribution in [0.25, 0.3) is 0 Å². The monoisotopic (exact) mass is 294 g/mol. The van der Waals surface area contributed by atoms with Crippen LogP contribution in [0.1, 0.15) is 11.1 Å². The maximum absolute atomic E-state index is 11.9. The molecule has 0 fully saturated rings. The van der Waals surface area contributed by atoms with Gasteiger partial charge in [0.05, 0.1) is 13.2 Å². The minimum absolute atomic E-state index is 0.0333. The van der Waals surface area contributed by atoms with Gasteiger partial charge in [0.15, 0.2) is 5.78 Å². The molecule has 2 aromatic carbocycles. The molecule has 2 atom stereocenters. The Bertz CT molecular complexity index is 634. The van der Waals surface area contributed by atoms with E-state index in [1.807, 2.05) is 60.7 Å². The average Bonchev–Trinajstić information content (AvgIpc) is 2.93. The van der Waals surface area contributed by atoms with E-state index in [1.54, 1.807) is 12.2 Å². The van der Waals surface area contributed by atoms with E-state index in [-0.39, 0.29) is 11.9 Å². The number of hydrogen-bond acceptors (Lipinski definition) is 3. The summed E-state index contributed by atoms with van der Waals surface area (Å²) in [7, 11) is 0. The molecule has 3 nitrogen and oxygen atoms in total. The topological polar surface area (TPSA) is 35.5 Å². The van der Waals surface area contributed by atoms with E-state index in [0.29, 0.717) is 13.2 Å². The highest BCUT2D eigenvalue weighted by Crippen LogP contribution is 2.18. The fraction of sp³-hybridized carbons (Fsp3) is 0.211. The van der Waals surface area contributed by atoms with E-state index in [2.05, 4.69) is 0 Å². The Hall–Kier alpha value is -2.23. The number of hydrogen-bond donors (Lipinski definition) is 0.